The molecule has 0 atom stereocenters. The van der Waals surface area contributed by atoms with Crippen molar-refractivity contribution < 1.29 is 14.6 Å². The van der Waals surface area contributed by atoms with Crippen LogP contribution in [0.25, 0.3) is 0 Å². The summed E-state index contributed by atoms with van der Waals surface area (Å²) in [6, 6.07) is 3.31. The quantitative estimate of drug-likeness (QED) is 0.386. The molecule has 0 spiro atoms. The molecule has 1 heterocycles. The predicted molar refractivity (Wildman–Crippen MR) is 92.5 cm³/mol. The number of thioether (sulfide) groups is 1. The molecule has 2 rings (SSSR count). The number of nitrogens with zero attached hydrogens (tertiary/aromatic N) is 3. The van der Waals surface area contributed by atoms with Crippen molar-refractivity contribution in [1.29, 1.82) is 0 Å². The minimum absolute atomic E-state index is 0.0212. The average molecular weight is 348 g/mol. The van der Waals surface area contributed by atoms with Gasteiger partial charge in [-0.15, -0.1) is 11.7 Å². The SMILES string of the molecule is C=CCc1c(OCCCSCc2nnn[nH]2)ccc(C(C)=O)c1O. The number of carbonyl (C=O) groups excluding carboxylic acids is 1. The van der Waals surface area contributed by atoms with Crippen molar-refractivity contribution in [3.05, 3.63) is 41.7 Å². The van der Waals surface area contributed by atoms with E-state index in [-0.39, 0.29) is 11.5 Å². The second kappa shape index (κ2) is 9.07. The summed E-state index contributed by atoms with van der Waals surface area (Å²) >= 11 is 1.71. The number of rotatable bonds is 10. The molecule has 0 aliphatic rings. The molecule has 0 aliphatic carbocycles. The molecule has 0 radical (unpaired) electrons. The highest BCUT2D eigenvalue weighted by atomic mass is 32.2. The van der Waals surface area contributed by atoms with Crippen molar-refractivity contribution in [1.82, 2.24) is 20.6 Å². The number of ether oxygens (including phenoxy) is 1. The molecule has 2 N–H and O–H groups in total. The topological polar surface area (TPSA) is 101 Å². The Morgan fingerprint density at radius 3 is 3.00 bits per heavy atom. The Balaban J connectivity index is 1.86. The van der Waals surface area contributed by atoms with Crippen LogP contribution in [0, 0.1) is 0 Å². The van der Waals surface area contributed by atoms with Crippen LogP contribution in [0.3, 0.4) is 0 Å². The standard InChI is InChI=1S/C16H20N4O3S/c1-3-5-13-14(7-6-12(11(2)21)16(13)22)23-8-4-9-24-10-15-17-19-20-18-15/h3,6-7,22H,1,4-5,8-10H2,2H3,(H,17,18,19,20). The molecule has 0 saturated heterocycles. The maximum absolute atomic E-state index is 11.5. The number of phenols is 1. The van der Waals surface area contributed by atoms with Crippen molar-refractivity contribution >= 4 is 17.5 Å². The molecule has 7 nitrogen and oxygen atoms in total. The fourth-order valence-corrected chi connectivity index (χ4v) is 2.91. The summed E-state index contributed by atoms with van der Waals surface area (Å²) in [4.78, 5) is 11.5. The number of hydrogen-bond acceptors (Lipinski definition) is 7. The van der Waals surface area contributed by atoms with Gasteiger partial charge in [0.2, 0.25) is 0 Å². The van der Waals surface area contributed by atoms with Crippen molar-refractivity contribution in [3.8, 4) is 11.5 Å². The van der Waals surface area contributed by atoms with Gasteiger partial charge in [0.15, 0.2) is 11.6 Å². The number of ketones is 1. The maximum atomic E-state index is 11.5. The summed E-state index contributed by atoms with van der Waals surface area (Å²) in [6.07, 6.45) is 2.96. The first kappa shape index (κ1) is 18.0. The summed E-state index contributed by atoms with van der Waals surface area (Å²) in [5.41, 5.74) is 0.897. The van der Waals surface area contributed by atoms with Gasteiger partial charge in [-0.05, 0) is 48.1 Å². The van der Waals surface area contributed by atoms with Crippen LogP contribution >= 0.6 is 11.8 Å². The Bertz CT molecular complexity index is 689. The van der Waals surface area contributed by atoms with Gasteiger partial charge >= 0.3 is 0 Å². The van der Waals surface area contributed by atoms with Gasteiger partial charge in [-0.3, -0.25) is 4.79 Å². The molecule has 0 aliphatic heterocycles. The van der Waals surface area contributed by atoms with E-state index in [1.54, 1.807) is 30.0 Å². The summed E-state index contributed by atoms with van der Waals surface area (Å²) in [6.45, 7) is 5.63. The number of aromatic hydroxyl groups is 1. The van der Waals surface area contributed by atoms with Crippen LogP contribution in [0.4, 0.5) is 0 Å². The Kier molecular flexibility index (Phi) is 6.80. The molecule has 1 aromatic heterocycles. The number of aromatic nitrogens is 4. The van der Waals surface area contributed by atoms with Crippen molar-refractivity contribution in [2.75, 3.05) is 12.4 Å². The number of allylic oxidation sites excluding steroid dienone is 1. The van der Waals surface area contributed by atoms with Gasteiger partial charge in [0.1, 0.15) is 11.5 Å². The molecule has 128 valence electrons. The highest BCUT2D eigenvalue weighted by molar-refractivity contribution is 7.98. The van der Waals surface area contributed by atoms with Crippen LogP contribution in [-0.2, 0) is 12.2 Å². The lowest BCUT2D eigenvalue weighted by atomic mass is 10.0. The van der Waals surface area contributed by atoms with Gasteiger partial charge in [0.05, 0.1) is 17.9 Å². The highest BCUT2D eigenvalue weighted by Gasteiger charge is 2.15. The first-order valence-corrected chi connectivity index (χ1v) is 8.68. The zero-order valence-corrected chi connectivity index (χ0v) is 14.3. The van der Waals surface area contributed by atoms with Crippen LogP contribution in [0.1, 0.15) is 35.1 Å². The van der Waals surface area contributed by atoms with Gasteiger partial charge in [0, 0.05) is 5.56 Å². The van der Waals surface area contributed by atoms with Crippen LogP contribution in [-0.4, -0.2) is 43.9 Å². The molecule has 0 bridgehead atoms. The zero-order chi connectivity index (χ0) is 17.4. The Morgan fingerprint density at radius 1 is 1.50 bits per heavy atom. The maximum Gasteiger partial charge on any atom is 0.163 e. The Morgan fingerprint density at radius 2 is 2.33 bits per heavy atom. The number of aromatic amines is 1. The monoisotopic (exact) mass is 348 g/mol. The summed E-state index contributed by atoms with van der Waals surface area (Å²) in [7, 11) is 0. The first-order chi connectivity index (χ1) is 11.6. The number of H-pyrrole nitrogens is 1. The molecule has 0 fully saturated rings. The predicted octanol–water partition coefficient (Wildman–Crippen LogP) is 2.54. The number of Topliss-reactive ketones (excluding diaryl/α,β-unsaturated/α-hetero) is 1. The van der Waals surface area contributed by atoms with E-state index in [2.05, 4.69) is 27.2 Å². The van der Waals surface area contributed by atoms with Crippen molar-refractivity contribution in [3.63, 3.8) is 0 Å². The number of benzene rings is 1. The number of phenolic OH excluding ortho intramolecular Hbond substituents is 1. The van der Waals surface area contributed by atoms with Gasteiger partial charge < -0.3 is 9.84 Å². The molecule has 0 unspecified atom stereocenters. The third-order valence-electron chi connectivity index (χ3n) is 3.29. The summed E-state index contributed by atoms with van der Waals surface area (Å²) < 4.78 is 5.76. The molecule has 0 amide bonds. The van der Waals surface area contributed by atoms with E-state index in [4.69, 9.17) is 4.74 Å². The second-order valence-corrected chi connectivity index (χ2v) is 6.20. The minimum Gasteiger partial charge on any atom is -0.507 e. The Labute approximate surface area is 144 Å². The largest absolute Gasteiger partial charge is 0.507 e. The van der Waals surface area contributed by atoms with Gasteiger partial charge in [0.25, 0.3) is 0 Å². The van der Waals surface area contributed by atoms with Gasteiger partial charge in [-0.25, -0.2) is 5.10 Å². The number of tetrazole rings is 1. The first-order valence-electron chi connectivity index (χ1n) is 7.53. The number of nitrogens with one attached hydrogen (secondary N) is 1. The average Bonchev–Trinajstić information content (AvgIpc) is 3.06. The van der Waals surface area contributed by atoms with Crippen LogP contribution in [0.15, 0.2) is 24.8 Å². The third-order valence-corrected chi connectivity index (χ3v) is 4.34. The molecule has 8 heteroatoms. The number of hydrogen-bond donors (Lipinski definition) is 2. The van der Waals surface area contributed by atoms with Crippen LogP contribution in [0.2, 0.25) is 0 Å². The van der Waals surface area contributed by atoms with E-state index >= 15 is 0 Å². The molecule has 24 heavy (non-hydrogen) atoms. The zero-order valence-electron chi connectivity index (χ0n) is 13.5. The summed E-state index contributed by atoms with van der Waals surface area (Å²) in [5.74, 6) is 2.76. The third kappa shape index (κ3) is 4.82. The summed E-state index contributed by atoms with van der Waals surface area (Å²) in [5, 5.41) is 23.8. The van der Waals surface area contributed by atoms with Crippen molar-refractivity contribution in [2.24, 2.45) is 0 Å². The van der Waals surface area contributed by atoms with E-state index < -0.39 is 0 Å². The Hall–Kier alpha value is -2.35. The second-order valence-electron chi connectivity index (χ2n) is 5.09. The lowest BCUT2D eigenvalue weighted by Gasteiger charge is -2.14. The highest BCUT2D eigenvalue weighted by Crippen LogP contribution is 2.32. The lowest BCUT2D eigenvalue weighted by molar-refractivity contribution is 0.101. The van der Waals surface area contributed by atoms with E-state index in [1.807, 2.05) is 0 Å². The lowest BCUT2D eigenvalue weighted by Crippen LogP contribution is -2.04. The molecule has 2 aromatic rings. The molecule has 1 aromatic carbocycles. The minimum atomic E-state index is -0.178. The normalized spacial score (nSPS) is 10.5. The molecular weight excluding hydrogens is 328 g/mol. The van der Waals surface area contributed by atoms with E-state index in [0.717, 1.165) is 23.8 Å². The van der Waals surface area contributed by atoms with E-state index in [0.29, 0.717) is 29.9 Å². The van der Waals surface area contributed by atoms with Gasteiger partial charge in [-0.2, -0.15) is 11.8 Å². The van der Waals surface area contributed by atoms with Crippen LogP contribution in [0.5, 0.6) is 11.5 Å². The molecular formula is C16H20N4O3S. The fraction of sp³-hybridized carbons (Fsp3) is 0.375. The van der Waals surface area contributed by atoms with Crippen molar-refractivity contribution in [2.45, 2.75) is 25.5 Å². The molecule has 0 saturated carbocycles. The van der Waals surface area contributed by atoms with Crippen LogP contribution < -0.4 is 4.74 Å². The van der Waals surface area contributed by atoms with E-state index in [1.165, 1.54) is 6.92 Å². The van der Waals surface area contributed by atoms with Gasteiger partial charge in [-0.1, -0.05) is 6.08 Å². The smallest absolute Gasteiger partial charge is 0.163 e. The number of carbonyl (C=O) groups is 1. The van der Waals surface area contributed by atoms with E-state index in [9.17, 15) is 9.90 Å². The fourth-order valence-electron chi connectivity index (χ4n) is 2.13.